The van der Waals surface area contributed by atoms with Crippen molar-refractivity contribution in [2.24, 2.45) is 0 Å². The summed E-state index contributed by atoms with van der Waals surface area (Å²) in [6.07, 6.45) is 1.19. The summed E-state index contributed by atoms with van der Waals surface area (Å²) in [4.78, 5) is 24.3. The molecule has 33 heavy (non-hydrogen) atoms. The largest absolute Gasteiger partial charge is 0.489 e. The molecular weight excluding hydrogens is 420 g/mol. The highest BCUT2D eigenvalue weighted by Gasteiger charge is 2.31. The quantitative estimate of drug-likeness (QED) is 0.483. The van der Waals surface area contributed by atoms with Crippen LogP contribution in [0.1, 0.15) is 51.7 Å². The number of ether oxygens (including phenoxy) is 2. The topological polar surface area (TPSA) is 89.8 Å². The maximum Gasteiger partial charge on any atom is 0.408 e. The number of hydrogen-bond acceptors (Lipinski definition) is 4. The number of amides is 1. The van der Waals surface area contributed by atoms with Gasteiger partial charge in [-0.25, -0.2) is 9.59 Å². The SMILES string of the molecule is CCn1cc([C@@H](C)[C@@H](NC(=O)OC(C)(C)C)C(=O)O)c2cc(OCc3ccccc3)ccc21. The molecule has 1 heterocycles. The molecule has 3 aromatic rings. The van der Waals surface area contributed by atoms with Crippen LogP contribution < -0.4 is 10.1 Å². The van der Waals surface area contributed by atoms with Gasteiger partial charge in [0.05, 0.1) is 0 Å². The minimum atomic E-state index is -1.15. The molecule has 0 unspecified atom stereocenters. The molecule has 0 fully saturated rings. The second-order valence-corrected chi connectivity index (χ2v) is 9.07. The molecule has 0 radical (unpaired) electrons. The first-order valence-corrected chi connectivity index (χ1v) is 11.1. The van der Waals surface area contributed by atoms with Crippen LogP contribution in [-0.2, 0) is 22.7 Å². The minimum Gasteiger partial charge on any atom is -0.489 e. The molecule has 7 heteroatoms. The van der Waals surface area contributed by atoms with Gasteiger partial charge in [-0.15, -0.1) is 0 Å². The summed E-state index contributed by atoms with van der Waals surface area (Å²) in [7, 11) is 0. The second-order valence-electron chi connectivity index (χ2n) is 9.07. The van der Waals surface area contributed by atoms with E-state index in [-0.39, 0.29) is 0 Å². The maximum atomic E-state index is 12.3. The highest BCUT2D eigenvalue weighted by Crippen LogP contribution is 2.33. The first-order chi connectivity index (χ1) is 15.6. The zero-order valence-electron chi connectivity index (χ0n) is 19.8. The van der Waals surface area contributed by atoms with Gasteiger partial charge in [0, 0.05) is 29.6 Å². The van der Waals surface area contributed by atoms with Gasteiger partial charge in [0.25, 0.3) is 0 Å². The van der Waals surface area contributed by atoms with E-state index in [0.29, 0.717) is 12.4 Å². The molecule has 2 aromatic carbocycles. The van der Waals surface area contributed by atoms with Gasteiger partial charge in [-0.2, -0.15) is 0 Å². The van der Waals surface area contributed by atoms with Crippen molar-refractivity contribution in [1.82, 2.24) is 9.88 Å². The van der Waals surface area contributed by atoms with E-state index in [9.17, 15) is 14.7 Å². The fourth-order valence-electron chi connectivity index (χ4n) is 3.77. The second kappa shape index (κ2) is 9.98. The number of carboxylic acids is 1. The Kier molecular flexibility index (Phi) is 7.31. The number of hydrogen-bond donors (Lipinski definition) is 2. The summed E-state index contributed by atoms with van der Waals surface area (Å²) >= 11 is 0. The Hall–Kier alpha value is -3.48. The summed E-state index contributed by atoms with van der Waals surface area (Å²) in [6, 6.07) is 14.6. The normalized spacial score (nSPS) is 13.4. The Morgan fingerprint density at radius 3 is 2.42 bits per heavy atom. The number of carboxylic acid groups (broad SMARTS) is 1. The average Bonchev–Trinajstić information content (AvgIpc) is 3.13. The number of aromatic nitrogens is 1. The van der Waals surface area contributed by atoms with Crippen LogP contribution in [0.25, 0.3) is 10.9 Å². The standard InChI is InChI=1S/C26H32N2O5/c1-6-28-15-21(17(2)23(24(29)30)27-25(31)33-26(3,4)5)20-14-19(12-13-22(20)28)32-16-18-10-8-7-9-11-18/h7-15,17,23H,6,16H2,1-5H3,(H,27,31)(H,29,30)/t17-,23-/m1/s1. The molecular formula is C26H32N2O5. The monoisotopic (exact) mass is 452 g/mol. The number of benzene rings is 2. The number of carbonyl (C=O) groups is 2. The Morgan fingerprint density at radius 1 is 1.12 bits per heavy atom. The van der Waals surface area contributed by atoms with Crippen LogP contribution in [0.3, 0.4) is 0 Å². The molecule has 0 aliphatic rings. The lowest BCUT2D eigenvalue weighted by Gasteiger charge is -2.25. The smallest absolute Gasteiger partial charge is 0.408 e. The molecule has 2 N–H and O–H groups in total. The van der Waals surface area contributed by atoms with Crippen LogP contribution in [-0.4, -0.2) is 33.4 Å². The number of aliphatic carboxylic acids is 1. The van der Waals surface area contributed by atoms with Gasteiger partial charge in [0.2, 0.25) is 0 Å². The molecule has 0 saturated carbocycles. The molecule has 0 saturated heterocycles. The van der Waals surface area contributed by atoms with Crippen molar-refractivity contribution in [3.63, 3.8) is 0 Å². The van der Waals surface area contributed by atoms with Crippen LogP contribution in [0.2, 0.25) is 0 Å². The fraction of sp³-hybridized carbons (Fsp3) is 0.385. The molecule has 176 valence electrons. The number of rotatable bonds is 8. The number of aryl methyl sites for hydroxylation is 1. The number of fused-ring (bicyclic) bond motifs is 1. The first-order valence-electron chi connectivity index (χ1n) is 11.1. The Bertz CT molecular complexity index is 1110. The van der Waals surface area contributed by atoms with Crippen molar-refractivity contribution in [2.45, 2.75) is 65.3 Å². The van der Waals surface area contributed by atoms with Crippen LogP contribution in [0.15, 0.2) is 54.7 Å². The number of carbonyl (C=O) groups excluding carboxylic acids is 1. The highest BCUT2D eigenvalue weighted by atomic mass is 16.6. The third kappa shape index (κ3) is 6.06. The van der Waals surface area contributed by atoms with Gasteiger partial charge in [-0.05, 0) is 57.0 Å². The van der Waals surface area contributed by atoms with Crippen molar-refractivity contribution in [1.29, 1.82) is 0 Å². The summed E-state index contributed by atoms with van der Waals surface area (Å²) in [5.74, 6) is -0.933. The third-order valence-electron chi connectivity index (χ3n) is 5.40. The minimum absolute atomic E-state index is 0.434. The van der Waals surface area contributed by atoms with Gasteiger partial charge in [-0.1, -0.05) is 37.3 Å². The predicted molar refractivity (Wildman–Crippen MR) is 128 cm³/mol. The van der Waals surface area contributed by atoms with Crippen LogP contribution in [0.5, 0.6) is 5.75 Å². The summed E-state index contributed by atoms with van der Waals surface area (Å²) in [5, 5.41) is 13.3. The van der Waals surface area contributed by atoms with Gasteiger partial charge in [0.15, 0.2) is 0 Å². The summed E-state index contributed by atoms with van der Waals surface area (Å²) in [6.45, 7) is 10.2. The van der Waals surface area contributed by atoms with Crippen molar-refractivity contribution >= 4 is 23.0 Å². The lowest BCUT2D eigenvalue weighted by molar-refractivity contribution is -0.140. The third-order valence-corrected chi connectivity index (χ3v) is 5.40. The van der Waals surface area contributed by atoms with Crippen molar-refractivity contribution < 1.29 is 24.2 Å². The molecule has 2 atom stereocenters. The van der Waals surface area contributed by atoms with E-state index in [1.54, 1.807) is 27.7 Å². The van der Waals surface area contributed by atoms with Gasteiger partial charge in [0.1, 0.15) is 24.0 Å². The number of alkyl carbamates (subject to hydrolysis) is 1. The lowest BCUT2D eigenvalue weighted by Crippen LogP contribution is -2.46. The summed E-state index contributed by atoms with van der Waals surface area (Å²) < 4.78 is 13.3. The van der Waals surface area contributed by atoms with E-state index in [2.05, 4.69) is 9.88 Å². The van der Waals surface area contributed by atoms with E-state index in [0.717, 1.165) is 28.6 Å². The van der Waals surface area contributed by atoms with E-state index < -0.39 is 29.6 Å². The van der Waals surface area contributed by atoms with E-state index in [4.69, 9.17) is 9.47 Å². The molecule has 0 aliphatic carbocycles. The number of nitrogens with zero attached hydrogens (tertiary/aromatic N) is 1. The Balaban J connectivity index is 1.90. The zero-order chi connectivity index (χ0) is 24.2. The Labute approximate surface area is 194 Å². The van der Waals surface area contributed by atoms with Gasteiger partial charge >= 0.3 is 12.1 Å². The van der Waals surface area contributed by atoms with Crippen molar-refractivity contribution in [3.8, 4) is 5.75 Å². The average molecular weight is 453 g/mol. The first kappa shape index (κ1) is 24.2. The predicted octanol–water partition coefficient (Wildman–Crippen LogP) is 5.32. The van der Waals surface area contributed by atoms with Crippen molar-refractivity contribution in [2.75, 3.05) is 0 Å². The molecule has 0 spiro atoms. The highest BCUT2D eigenvalue weighted by molar-refractivity contribution is 5.88. The molecule has 3 rings (SSSR count). The van der Waals surface area contributed by atoms with Crippen LogP contribution in [0.4, 0.5) is 4.79 Å². The molecule has 1 amide bonds. The van der Waals surface area contributed by atoms with Crippen LogP contribution >= 0.6 is 0 Å². The zero-order valence-corrected chi connectivity index (χ0v) is 19.8. The van der Waals surface area contributed by atoms with Gasteiger partial charge < -0.3 is 24.5 Å². The molecule has 0 aliphatic heterocycles. The maximum absolute atomic E-state index is 12.3. The van der Waals surface area contributed by atoms with E-state index >= 15 is 0 Å². The lowest BCUT2D eigenvalue weighted by atomic mass is 9.93. The van der Waals surface area contributed by atoms with Crippen molar-refractivity contribution in [3.05, 3.63) is 65.9 Å². The Morgan fingerprint density at radius 2 is 1.82 bits per heavy atom. The molecule has 1 aromatic heterocycles. The molecule has 0 bridgehead atoms. The van der Waals surface area contributed by atoms with E-state index in [1.165, 1.54) is 0 Å². The number of nitrogens with one attached hydrogen (secondary N) is 1. The summed E-state index contributed by atoms with van der Waals surface area (Å²) in [5.41, 5.74) is 2.14. The van der Waals surface area contributed by atoms with E-state index in [1.807, 2.05) is 61.7 Å². The van der Waals surface area contributed by atoms with Crippen LogP contribution in [0, 0.1) is 0 Å². The molecule has 7 nitrogen and oxygen atoms in total. The fourth-order valence-corrected chi connectivity index (χ4v) is 3.77. The van der Waals surface area contributed by atoms with Gasteiger partial charge in [-0.3, -0.25) is 0 Å².